The quantitative estimate of drug-likeness (QED) is 0.248. The predicted octanol–water partition coefficient (Wildman–Crippen LogP) is 5.98. The van der Waals surface area contributed by atoms with Crippen molar-refractivity contribution in [3.63, 3.8) is 0 Å². The van der Waals surface area contributed by atoms with E-state index in [4.69, 9.17) is 4.42 Å². The van der Waals surface area contributed by atoms with Crippen LogP contribution >= 0.6 is 23.1 Å². The van der Waals surface area contributed by atoms with E-state index in [-0.39, 0.29) is 5.56 Å². The Hall–Kier alpha value is -4.07. The molecule has 0 atom stereocenters. The van der Waals surface area contributed by atoms with Gasteiger partial charge in [0.2, 0.25) is 5.58 Å². The van der Waals surface area contributed by atoms with Crippen LogP contribution in [0.5, 0.6) is 0 Å². The average molecular weight is 563 g/mol. The third-order valence-corrected chi connectivity index (χ3v) is 9.81. The lowest BCUT2D eigenvalue weighted by Crippen LogP contribution is -2.35. The van der Waals surface area contributed by atoms with Crippen LogP contribution < -0.4 is 24.2 Å². The summed E-state index contributed by atoms with van der Waals surface area (Å²) in [6.45, 7) is 5.48. The third kappa shape index (κ3) is 3.92. The van der Waals surface area contributed by atoms with Crippen LogP contribution in [0, 0.1) is 0 Å². The molecule has 4 aromatic carbocycles. The van der Waals surface area contributed by atoms with Crippen molar-refractivity contribution in [2.45, 2.75) is 31.8 Å². The van der Waals surface area contributed by atoms with Gasteiger partial charge in [-0.2, -0.15) is 4.57 Å². The molecule has 2 aromatic heterocycles. The highest BCUT2D eigenvalue weighted by atomic mass is 32.2. The van der Waals surface area contributed by atoms with Gasteiger partial charge in [0.05, 0.1) is 21.3 Å². The minimum absolute atomic E-state index is 0.0221. The molecule has 7 rings (SSSR count). The summed E-state index contributed by atoms with van der Waals surface area (Å²) in [5.41, 5.74) is 3.17. The molecule has 0 radical (unpaired) electrons. The fourth-order valence-corrected chi connectivity index (χ4v) is 7.68. The molecule has 0 N–H and O–H groups in total. The molecule has 6 aromatic rings. The minimum Gasteiger partial charge on any atom is -0.397 e. The summed E-state index contributed by atoms with van der Waals surface area (Å²) in [5.74, 6) is 0.746. The van der Waals surface area contributed by atoms with Crippen molar-refractivity contribution in [1.29, 1.82) is 0 Å². The molecule has 198 valence electrons. The van der Waals surface area contributed by atoms with E-state index in [0.29, 0.717) is 11.1 Å². The molecule has 3 heterocycles. The van der Waals surface area contributed by atoms with E-state index >= 15 is 0 Å². The fourth-order valence-electron chi connectivity index (χ4n) is 5.57. The van der Waals surface area contributed by atoms with Gasteiger partial charge in [0.1, 0.15) is 11.2 Å². The van der Waals surface area contributed by atoms with Crippen molar-refractivity contribution in [2.75, 3.05) is 11.9 Å². The second-order valence-corrected chi connectivity index (χ2v) is 11.9. The SMILES string of the molecule is CCn1c(=O)/c(=C/C=C2\Sc3ccc4ccccc4c3N2C)s/c1=C\c1oc2c3ccccc3ccc2[n+]1CC. The van der Waals surface area contributed by atoms with Gasteiger partial charge in [-0.3, -0.25) is 9.36 Å². The second-order valence-electron chi connectivity index (χ2n) is 9.78. The number of fused-ring (bicyclic) bond motifs is 6. The van der Waals surface area contributed by atoms with Crippen molar-refractivity contribution in [3.05, 3.63) is 109 Å². The predicted molar refractivity (Wildman–Crippen MR) is 167 cm³/mol. The zero-order valence-electron chi connectivity index (χ0n) is 22.5. The summed E-state index contributed by atoms with van der Waals surface area (Å²) in [7, 11) is 2.09. The van der Waals surface area contributed by atoms with Crippen LogP contribution in [0.2, 0.25) is 0 Å². The first-order chi connectivity index (χ1) is 19.6. The molecule has 0 saturated carbocycles. The molecule has 5 nitrogen and oxygen atoms in total. The van der Waals surface area contributed by atoms with E-state index in [0.717, 1.165) is 44.0 Å². The third-order valence-electron chi connectivity index (χ3n) is 7.56. The van der Waals surface area contributed by atoms with Gasteiger partial charge in [-0.05, 0) is 48.9 Å². The van der Waals surface area contributed by atoms with E-state index < -0.39 is 0 Å². The summed E-state index contributed by atoms with van der Waals surface area (Å²) in [5, 5.41) is 5.80. The van der Waals surface area contributed by atoms with Gasteiger partial charge in [-0.15, -0.1) is 11.3 Å². The Labute approximate surface area is 239 Å². The van der Waals surface area contributed by atoms with E-state index in [1.54, 1.807) is 11.8 Å². The van der Waals surface area contributed by atoms with Gasteiger partial charge >= 0.3 is 5.89 Å². The lowest BCUT2D eigenvalue weighted by molar-refractivity contribution is -0.674. The first kappa shape index (κ1) is 24.9. The molecule has 1 aliphatic heterocycles. The molecule has 7 heteroatoms. The van der Waals surface area contributed by atoms with Crippen LogP contribution in [-0.2, 0) is 13.1 Å². The Morgan fingerprint density at radius 2 is 1.62 bits per heavy atom. The minimum atomic E-state index is 0.0221. The number of benzene rings is 4. The van der Waals surface area contributed by atoms with E-state index in [1.165, 1.54) is 32.7 Å². The standard InChI is InChI=1S/C33H28N3O2S2/c1-4-35-25-16-14-22-11-7-9-13-24(22)32(25)38-28(35)20-30-36(5-2)33(37)27(40-30)18-19-29-34(3)31-23-12-8-6-10-21(23)15-17-26(31)39-29/h6-20H,4-5H2,1-3H3/q+1/b27-18-,29-19-. The molecule has 0 amide bonds. The molecule has 0 aliphatic carbocycles. The molecule has 40 heavy (non-hydrogen) atoms. The highest BCUT2D eigenvalue weighted by molar-refractivity contribution is 8.03. The number of aryl methyl sites for hydroxylation is 1. The number of allylic oxidation sites excluding steroid dienone is 1. The first-order valence-electron chi connectivity index (χ1n) is 13.5. The van der Waals surface area contributed by atoms with Gasteiger partial charge in [0.25, 0.3) is 11.1 Å². The number of hydrogen-bond acceptors (Lipinski definition) is 5. The summed E-state index contributed by atoms with van der Waals surface area (Å²) in [6, 6.07) is 25.3. The Morgan fingerprint density at radius 1 is 0.900 bits per heavy atom. The summed E-state index contributed by atoms with van der Waals surface area (Å²) in [6.07, 6.45) is 6.04. The fraction of sp³-hybridized carbons (Fsp3) is 0.152. The summed E-state index contributed by atoms with van der Waals surface area (Å²) in [4.78, 5) is 16.9. The normalized spacial score (nSPS) is 15.4. The van der Waals surface area contributed by atoms with Gasteiger partial charge in [-0.1, -0.05) is 66.4 Å². The van der Waals surface area contributed by atoms with Gasteiger partial charge in [0, 0.05) is 35.3 Å². The number of rotatable bonds is 4. The van der Waals surface area contributed by atoms with Crippen LogP contribution in [0.1, 0.15) is 19.7 Å². The van der Waals surface area contributed by atoms with Crippen LogP contribution in [0.15, 0.2) is 98.0 Å². The van der Waals surface area contributed by atoms with Crippen LogP contribution in [0.4, 0.5) is 5.69 Å². The number of nitrogens with zero attached hydrogens (tertiary/aromatic N) is 3. The molecular weight excluding hydrogens is 535 g/mol. The maximum Gasteiger partial charge on any atom is 0.377 e. The number of aromatic nitrogens is 2. The average Bonchev–Trinajstić information content (AvgIpc) is 3.61. The maximum absolute atomic E-state index is 13.4. The topological polar surface area (TPSA) is 42.3 Å². The highest BCUT2D eigenvalue weighted by Crippen LogP contribution is 2.48. The molecule has 0 spiro atoms. The van der Waals surface area contributed by atoms with Gasteiger partial charge in [-0.25, -0.2) is 0 Å². The number of thioether (sulfide) groups is 1. The van der Waals surface area contributed by atoms with E-state index in [2.05, 4.69) is 90.2 Å². The monoisotopic (exact) mass is 562 g/mol. The molecule has 0 unspecified atom stereocenters. The van der Waals surface area contributed by atoms with Crippen molar-refractivity contribution >= 4 is 73.6 Å². The zero-order valence-corrected chi connectivity index (χ0v) is 24.2. The molecule has 0 fully saturated rings. The smallest absolute Gasteiger partial charge is 0.377 e. The number of anilines is 1. The lowest BCUT2D eigenvalue weighted by Gasteiger charge is -2.15. The van der Waals surface area contributed by atoms with Crippen molar-refractivity contribution < 1.29 is 8.98 Å². The van der Waals surface area contributed by atoms with Crippen LogP contribution in [0.25, 0.3) is 44.8 Å². The highest BCUT2D eigenvalue weighted by Gasteiger charge is 2.24. The van der Waals surface area contributed by atoms with Crippen LogP contribution in [0.3, 0.4) is 0 Å². The number of oxazole rings is 1. The van der Waals surface area contributed by atoms with Crippen molar-refractivity contribution in [1.82, 2.24) is 4.57 Å². The maximum atomic E-state index is 13.4. The number of hydrogen-bond donors (Lipinski definition) is 0. The van der Waals surface area contributed by atoms with E-state index in [1.807, 2.05) is 35.8 Å². The first-order valence-corrected chi connectivity index (χ1v) is 15.1. The molecule has 0 saturated heterocycles. The van der Waals surface area contributed by atoms with E-state index in [9.17, 15) is 4.79 Å². The van der Waals surface area contributed by atoms with Crippen molar-refractivity contribution in [2.24, 2.45) is 0 Å². The molecule has 0 bridgehead atoms. The summed E-state index contributed by atoms with van der Waals surface area (Å²) >= 11 is 3.24. The van der Waals surface area contributed by atoms with Gasteiger partial charge in [0.15, 0.2) is 0 Å². The number of thiazole rings is 1. The van der Waals surface area contributed by atoms with Crippen molar-refractivity contribution in [3.8, 4) is 0 Å². The molecular formula is C33H28N3O2S2+. The molecule has 1 aliphatic rings. The largest absolute Gasteiger partial charge is 0.397 e. The Bertz CT molecular complexity index is 2170. The van der Waals surface area contributed by atoms with Gasteiger partial charge < -0.3 is 9.32 Å². The lowest BCUT2D eigenvalue weighted by atomic mass is 10.1. The Morgan fingerprint density at radius 3 is 2.40 bits per heavy atom. The second kappa shape index (κ2) is 9.84. The Kier molecular flexibility index (Phi) is 6.13. The Balaban J connectivity index is 1.33. The van der Waals surface area contributed by atoms with Crippen LogP contribution in [-0.4, -0.2) is 11.6 Å². The summed E-state index contributed by atoms with van der Waals surface area (Å²) < 4.78 is 12.0. The zero-order chi connectivity index (χ0) is 27.4.